The molecule has 0 spiro atoms. The van der Waals surface area contributed by atoms with Gasteiger partial charge in [-0.15, -0.1) is 0 Å². The molecule has 0 aromatic heterocycles. The largest absolute Gasteiger partial charge is 0.457 e. The first-order valence-corrected chi connectivity index (χ1v) is 4.51. The average Bonchev–Trinajstić information content (AvgIpc) is 2.07. The number of hydrogen-bond donors (Lipinski definition) is 0. The molecular formula is C8H7BrO3. The third-order valence-corrected chi connectivity index (χ3v) is 3.49. The molecule has 0 radical (unpaired) electrons. The first-order valence-electron chi connectivity index (χ1n) is 3.71. The van der Waals surface area contributed by atoms with E-state index >= 15 is 0 Å². The van der Waals surface area contributed by atoms with Crippen LogP contribution in [-0.4, -0.2) is 22.7 Å². The normalized spacial score (nSPS) is 44.2. The van der Waals surface area contributed by atoms with Crippen LogP contribution in [0.25, 0.3) is 0 Å². The van der Waals surface area contributed by atoms with Crippen molar-refractivity contribution in [2.75, 3.05) is 0 Å². The molecule has 2 bridgehead atoms. The number of rotatable bonds is 1. The lowest BCUT2D eigenvalue weighted by Gasteiger charge is -2.39. The molecule has 1 aliphatic carbocycles. The number of hydrogen-bond acceptors (Lipinski definition) is 3. The monoisotopic (exact) mass is 230 g/mol. The van der Waals surface area contributed by atoms with Crippen LogP contribution < -0.4 is 0 Å². The van der Waals surface area contributed by atoms with Gasteiger partial charge in [0.1, 0.15) is 12.4 Å². The summed E-state index contributed by atoms with van der Waals surface area (Å²) in [5, 5.41) is 0. The molecule has 64 valence electrons. The minimum Gasteiger partial charge on any atom is -0.457 e. The quantitative estimate of drug-likeness (QED) is 0.290. The van der Waals surface area contributed by atoms with E-state index in [4.69, 9.17) is 4.74 Å². The van der Waals surface area contributed by atoms with Crippen LogP contribution in [0, 0.1) is 5.92 Å². The molecule has 3 atom stereocenters. The van der Waals surface area contributed by atoms with Crippen LogP contribution in [0.5, 0.6) is 0 Å². The van der Waals surface area contributed by atoms with Crippen molar-refractivity contribution < 1.29 is 14.3 Å². The van der Waals surface area contributed by atoms with Gasteiger partial charge in [-0.3, -0.25) is 4.79 Å². The molecule has 3 aliphatic rings. The number of carbonyl (C=O) groups is 2. The zero-order valence-electron chi connectivity index (χ0n) is 6.20. The molecule has 2 heterocycles. The SMILES string of the molecule is O=C[C@@H]1C[C@@H]2C=C[C@@]1(Br)C(=O)O2. The van der Waals surface area contributed by atoms with Crippen LogP contribution in [0.3, 0.4) is 0 Å². The van der Waals surface area contributed by atoms with E-state index in [1.54, 1.807) is 6.08 Å². The Morgan fingerprint density at radius 2 is 2.50 bits per heavy atom. The zero-order valence-corrected chi connectivity index (χ0v) is 7.78. The first kappa shape index (κ1) is 7.98. The molecule has 3 nitrogen and oxygen atoms in total. The van der Waals surface area contributed by atoms with Gasteiger partial charge in [-0.05, 0) is 12.5 Å². The van der Waals surface area contributed by atoms with Gasteiger partial charge >= 0.3 is 5.97 Å². The Balaban J connectivity index is 2.43. The minimum absolute atomic E-state index is 0.202. The van der Waals surface area contributed by atoms with E-state index in [2.05, 4.69) is 15.9 Å². The van der Waals surface area contributed by atoms with Crippen LogP contribution in [0.2, 0.25) is 0 Å². The fraction of sp³-hybridized carbons (Fsp3) is 0.500. The topological polar surface area (TPSA) is 43.4 Å². The summed E-state index contributed by atoms with van der Waals surface area (Å²) in [4.78, 5) is 21.9. The minimum atomic E-state index is -0.885. The highest BCUT2D eigenvalue weighted by Crippen LogP contribution is 2.42. The van der Waals surface area contributed by atoms with Crippen molar-refractivity contribution in [1.82, 2.24) is 0 Å². The summed E-state index contributed by atoms with van der Waals surface area (Å²) in [5.41, 5.74) is 0. The summed E-state index contributed by atoms with van der Waals surface area (Å²) in [6.45, 7) is 0. The molecule has 0 aromatic rings. The summed E-state index contributed by atoms with van der Waals surface area (Å²) in [7, 11) is 0. The molecule has 0 amide bonds. The first-order chi connectivity index (χ1) is 5.66. The van der Waals surface area contributed by atoms with Gasteiger partial charge in [-0.25, -0.2) is 0 Å². The molecule has 0 saturated carbocycles. The summed E-state index contributed by atoms with van der Waals surface area (Å²) in [5.74, 6) is -0.632. The van der Waals surface area contributed by atoms with Crippen molar-refractivity contribution >= 4 is 28.2 Å². The van der Waals surface area contributed by atoms with Crippen LogP contribution in [0.15, 0.2) is 12.2 Å². The number of alkyl halides is 1. The lowest BCUT2D eigenvalue weighted by Crippen LogP contribution is -2.51. The number of aldehydes is 1. The zero-order chi connectivity index (χ0) is 8.77. The van der Waals surface area contributed by atoms with Crippen molar-refractivity contribution in [2.24, 2.45) is 5.92 Å². The number of halogens is 1. The molecule has 12 heavy (non-hydrogen) atoms. The number of carbonyl (C=O) groups excluding carboxylic acids is 2. The van der Waals surface area contributed by atoms with E-state index in [1.807, 2.05) is 6.08 Å². The maximum atomic E-state index is 11.3. The summed E-state index contributed by atoms with van der Waals surface area (Å²) in [6, 6.07) is 0. The van der Waals surface area contributed by atoms with Gasteiger partial charge in [0, 0.05) is 5.92 Å². The molecule has 0 N–H and O–H groups in total. The predicted molar refractivity (Wildman–Crippen MR) is 44.8 cm³/mol. The average molecular weight is 231 g/mol. The van der Waals surface area contributed by atoms with E-state index < -0.39 is 4.32 Å². The predicted octanol–water partition coefficient (Wildman–Crippen LogP) is 0.821. The smallest absolute Gasteiger partial charge is 0.328 e. The fourth-order valence-electron chi connectivity index (χ4n) is 1.56. The van der Waals surface area contributed by atoms with Gasteiger partial charge in [-0.2, -0.15) is 0 Å². The van der Waals surface area contributed by atoms with Gasteiger partial charge in [0.15, 0.2) is 4.32 Å². The van der Waals surface area contributed by atoms with Gasteiger partial charge in [0.25, 0.3) is 0 Å². The highest BCUT2D eigenvalue weighted by atomic mass is 79.9. The Morgan fingerprint density at radius 3 is 3.00 bits per heavy atom. The van der Waals surface area contributed by atoms with E-state index in [1.165, 1.54) is 0 Å². The Labute approximate surface area is 77.9 Å². The third kappa shape index (κ3) is 0.874. The molecular weight excluding hydrogens is 224 g/mol. The Bertz CT molecular complexity index is 273. The van der Waals surface area contributed by atoms with Crippen molar-refractivity contribution in [2.45, 2.75) is 16.8 Å². The summed E-state index contributed by atoms with van der Waals surface area (Å²) < 4.78 is 4.10. The van der Waals surface area contributed by atoms with Crippen LogP contribution in [-0.2, 0) is 14.3 Å². The van der Waals surface area contributed by atoms with E-state index in [0.717, 1.165) is 6.29 Å². The molecule has 0 aromatic carbocycles. The fourth-order valence-corrected chi connectivity index (χ4v) is 2.10. The Hall–Kier alpha value is -0.640. The van der Waals surface area contributed by atoms with Crippen molar-refractivity contribution in [1.29, 1.82) is 0 Å². The molecule has 1 saturated heterocycles. The Kier molecular flexibility index (Phi) is 1.61. The lowest BCUT2D eigenvalue weighted by atomic mass is 9.81. The van der Waals surface area contributed by atoms with Gasteiger partial charge in [-0.1, -0.05) is 22.0 Å². The van der Waals surface area contributed by atoms with Crippen molar-refractivity contribution in [3.8, 4) is 0 Å². The highest BCUT2D eigenvalue weighted by molar-refractivity contribution is 9.10. The highest BCUT2D eigenvalue weighted by Gasteiger charge is 2.51. The second-order valence-electron chi connectivity index (χ2n) is 3.05. The third-order valence-electron chi connectivity index (χ3n) is 2.31. The number of fused-ring (bicyclic) bond motifs is 2. The van der Waals surface area contributed by atoms with E-state index in [9.17, 15) is 9.59 Å². The van der Waals surface area contributed by atoms with Crippen LogP contribution >= 0.6 is 15.9 Å². The van der Waals surface area contributed by atoms with Crippen LogP contribution in [0.1, 0.15) is 6.42 Å². The van der Waals surface area contributed by atoms with E-state index in [0.29, 0.717) is 6.42 Å². The second kappa shape index (κ2) is 2.42. The summed E-state index contributed by atoms with van der Waals surface area (Å²) in [6.07, 6.45) is 4.73. The second-order valence-corrected chi connectivity index (χ2v) is 4.36. The summed E-state index contributed by atoms with van der Waals surface area (Å²) >= 11 is 3.23. The molecule has 0 unspecified atom stereocenters. The molecule has 4 heteroatoms. The molecule has 2 aliphatic heterocycles. The maximum absolute atomic E-state index is 11.3. The van der Waals surface area contributed by atoms with E-state index in [-0.39, 0.29) is 18.0 Å². The lowest BCUT2D eigenvalue weighted by molar-refractivity contribution is -0.158. The van der Waals surface area contributed by atoms with Crippen molar-refractivity contribution in [3.05, 3.63) is 12.2 Å². The number of esters is 1. The maximum Gasteiger partial charge on any atom is 0.328 e. The van der Waals surface area contributed by atoms with Gasteiger partial charge in [0.2, 0.25) is 0 Å². The Morgan fingerprint density at radius 1 is 1.75 bits per heavy atom. The standard InChI is InChI=1S/C8H7BrO3/c9-8-2-1-6(12-7(8)11)3-5(8)4-10/h1-2,4-6H,3H2/t5-,6-,8-/m0/s1. The van der Waals surface area contributed by atoms with Crippen LogP contribution in [0.4, 0.5) is 0 Å². The number of ether oxygens (including phenoxy) is 1. The van der Waals surface area contributed by atoms with Gasteiger partial charge in [0.05, 0.1) is 0 Å². The van der Waals surface area contributed by atoms with Gasteiger partial charge < -0.3 is 9.53 Å². The molecule has 3 rings (SSSR count). The molecule has 1 fully saturated rings. The van der Waals surface area contributed by atoms with Crippen molar-refractivity contribution in [3.63, 3.8) is 0 Å².